The first-order valence-corrected chi connectivity index (χ1v) is 6.46. The lowest BCUT2D eigenvalue weighted by molar-refractivity contribution is -0.137. The summed E-state index contributed by atoms with van der Waals surface area (Å²) in [5.74, 6) is -1.16. The minimum absolute atomic E-state index is 0.275. The van der Waals surface area contributed by atoms with Crippen LogP contribution in [0.5, 0.6) is 0 Å². The maximum Gasteiger partial charge on any atom is 0.304 e. The third-order valence-corrected chi connectivity index (χ3v) is 4.00. The van der Waals surface area contributed by atoms with E-state index in [1.807, 2.05) is 4.72 Å². The summed E-state index contributed by atoms with van der Waals surface area (Å²) < 4.78 is 26.1. The Morgan fingerprint density at radius 1 is 1.22 bits per heavy atom. The van der Waals surface area contributed by atoms with E-state index >= 15 is 0 Å². The van der Waals surface area contributed by atoms with Crippen molar-refractivity contribution in [3.05, 3.63) is 0 Å². The summed E-state index contributed by atoms with van der Waals surface area (Å²) in [5.41, 5.74) is -1.78. The number of nitrogens with zero attached hydrogens (tertiary/aromatic N) is 1. The van der Waals surface area contributed by atoms with Gasteiger partial charge < -0.3 is 20.4 Å². The van der Waals surface area contributed by atoms with E-state index in [9.17, 15) is 13.2 Å². The number of aliphatic hydroxyl groups excluding tert-OH is 3. The molecule has 0 heterocycles. The molecule has 0 saturated heterocycles. The third-order valence-electron chi connectivity index (χ3n) is 2.30. The van der Waals surface area contributed by atoms with Crippen molar-refractivity contribution in [3.63, 3.8) is 0 Å². The Bertz CT molecular complexity index is 357. The number of aliphatic carboxylic acids is 1. The second kappa shape index (κ2) is 6.97. The number of carbonyl (C=O) groups is 1. The monoisotopic (exact) mass is 286 g/mol. The largest absolute Gasteiger partial charge is 0.481 e. The van der Waals surface area contributed by atoms with Crippen LogP contribution in [0.3, 0.4) is 0 Å². The van der Waals surface area contributed by atoms with Crippen molar-refractivity contribution in [2.24, 2.45) is 0 Å². The predicted molar refractivity (Wildman–Crippen MR) is 60.9 cm³/mol. The van der Waals surface area contributed by atoms with Crippen LogP contribution in [0.2, 0.25) is 0 Å². The molecule has 0 rings (SSSR count). The smallest absolute Gasteiger partial charge is 0.304 e. The van der Waals surface area contributed by atoms with Gasteiger partial charge >= 0.3 is 5.97 Å². The number of carboxylic acid groups (broad SMARTS) is 1. The molecule has 5 N–H and O–H groups in total. The SMILES string of the molecule is CN(CCC(=O)O)S(=O)(=O)NC(CO)(CO)CO. The molecule has 0 aliphatic carbocycles. The number of carboxylic acids is 1. The molecule has 0 spiro atoms. The Morgan fingerprint density at radius 3 is 2.00 bits per heavy atom. The van der Waals surface area contributed by atoms with Crippen LogP contribution in [0.15, 0.2) is 0 Å². The molecule has 0 fully saturated rings. The molecule has 0 aliphatic rings. The van der Waals surface area contributed by atoms with Crippen molar-refractivity contribution in [1.82, 2.24) is 9.03 Å². The molecule has 0 bridgehead atoms. The first-order chi connectivity index (χ1) is 8.23. The van der Waals surface area contributed by atoms with E-state index in [2.05, 4.69) is 0 Å². The van der Waals surface area contributed by atoms with Gasteiger partial charge in [-0.3, -0.25) is 4.79 Å². The molecular formula is C8H18N2O7S. The molecule has 0 saturated carbocycles. The van der Waals surface area contributed by atoms with Gasteiger partial charge in [0.15, 0.2) is 0 Å². The van der Waals surface area contributed by atoms with Gasteiger partial charge in [0.25, 0.3) is 10.2 Å². The molecule has 0 atom stereocenters. The molecule has 0 aromatic rings. The minimum Gasteiger partial charge on any atom is -0.481 e. The highest BCUT2D eigenvalue weighted by atomic mass is 32.2. The summed E-state index contributed by atoms with van der Waals surface area (Å²) in [5, 5.41) is 35.4. The van der Waals surface area contributed by atoms with E-state index in [0.717, 1.165) is 11.4 Å². The normalized spacial score (nSPS) is 12.9. The van der Waals surface area contributed by atoms with Crippen molar-refractivity contribution >= 4 is 16.2 Å². The molecule has 0 unspecified atom stereocenters. The first kappa shape index (κ1) is 17.2. The fourth-order valence-electron chi connectivity index (χ4n) is 0.972. The lowest BCUT2D eigenvalue weighted by Gasteiger charge is -2.30. The molecule has 0 amide bonds. The average Bonchev–Trinajstić information content (AvgIpc) is 2.33. The Morgan fingerprint density at radius 2 is 1.67 bits per heavy atom. The van der Waals surface area contributed by atoms with Gasteiger partial charge in [0.2, 0.25) is 0 Å². The third kappa shape index (κ3) is 4.84. The number of rotatable bonds is 9. The van der Waals surface area contributed by atoms with E-state index in [1.54, 1.807) is 0 Å². The molecule has 0 aromatic heterocycles. The van der Waals surface area contributed by atoms with Gasteiger partial charge in [-0.2, -0.15) is 17.4 Å². The maximum atomic E-state index is 11.7. The van der Waals surface area contributed by atoms with E-state index < -0.39 is 41.5 Å². The van der Waals surface area contributed by atoms with Gasteiger partial charge in [-0.1, -0.05) is 0 Å². The highest BCUT2D eigenvalue weighted by Crippen LogP contribution is 2.07. The van der Waals surface area contributed by atoms with Gasteiger partial charge in [0.05, 0.1) is 26.2 Å². The average molecular weight is 286 g/mol. The summed E-state index contributed by atoms with van der Waals surface area (Å²) in [6.07, 6.45) is -0.387. The van der Waals surface area contributed by atoms with Gasteiger partial charge in [-0.05, 0) is 0 Å². The summed E-state index contributed by atoms with van der Waals surface area (Å²) in [7, 11) is -2.97. The Balaban J connectivity index is 4.77. The molecule has 0 aliphatic heterocycles. The van der Waals surface area contributed by atoms with Crippen molar-refractivity contribution in [3.8, 4) is 0 Å². The highest BCUT2D eigenvalue weighted by Gasteiger charge is 2.34. The molecule has 108 valence electrons. The maximum absolute atomic E-state index is 11.7. The topological polar surface area (TPSA) is 147 Å². The summed E-state index contributed by atoms with van der Waals surface area (Å²) in [4.78, 5) is 10.3. The lowest BCUT2D eigenvalue weighted by atomic mass is 10.1. The Labute approximate surface area is 105 Å². The van der Waals surface area contributed by atoms with Crippen LogP contribution in [-0.4, -0.2) is 78.1 Å². The standard InChI is InChI=1S/C8H18N2O7S/c1-10(3-2-7(14)15)18(16,17)9-8(4-11,5-12)6-13/h9,11-13H,2-6H2,1H3,(H,14,15). The molecule has 0 aromatic carbocycles. The Kier molecular flexibility index (Phi) is 6.67. The van der Waals surface area contributed by atoms with Crippen LogP contribution in [0.25, 0.3) is 0 Å². The zero-order chi connectivity index (χ0) is 14.4. The van der Waals surface area contributed by atoms with Crippen molar-refractivity contribution in [2.75, 3.05) is 33.4 Å². The second-order valence-electron chi connectivity index (χ2n) is 3.83. The highest BCUT2D eigenvalue weighted by molar-refractivity contribution is 7.87. The Hall–Kier alpha value is -0.780. The molecule has 10 heteroatoms. The second-order valence-corrected chi connectivity index (χ2v) is 5.60. The van der Waals surface area contributed by atoms with Crippen molar-refractivity contribution < 1.29 is 33.6 Å². The van der Waals surface area contributed by atoms with E-state index in [1.165, 1.54) is 0 Å². The number of hydrogen-bond donors (Lipinski definition) is 5. The minimum atomic E-state index is -4.11. The zero-order valence-corrected chi connectivity index (χ0v) is 10.7. The van der Waals surface area contributed by atoms with Crippen LogP contribution < -0.4 is 4.72 Å². The lowest BCUT2D eigenvalue weighted by Crippen LogP contribution is -2.59. The number of hydrogen-bond acceptors (Lipinski definition) is 6. The van der Waals surface area contributed by atoms with Crippen molar-refractivity contribution in [2.45, 2.75) is 12.0 Å². The van der Waals surface area contributed by atoms with Crippen LogP contribution >= 0.6 is 0 Å². The van der Waals surface area contributed by atoms with Crippen LogP contribution in [-0.2, 0) is 15.0 Å². The van der Waals surface area contributed by atoms with Crippen LogP contribution in [0.4, 0.5) is 0 Å². The van der Waals surface area contributed by atoms with E-state index in [0.29, 0.717) is 0 Å². The van der Waals surface area contributed by atoms with Gasteiger partial charge in [-0.25, -0.2) is 0 Å². The summed E-state index contributed by atoms with van der Waals surface area (Å²) in [6.45, 7) is -2.67. The fraction of sp³-hybridized carbons (Fsp3) is 0.875. The van der Waals surface area contributed by atoms with E-state index in [-0.39, 0.29) is 13.0 Å². The molecular weight excluding hydrogens is 268 g/mol. The van der Waals surface area contributed by atoms with Crippen LogP contribution in [0, 0.1) is 0 Å². The van der Waals surface area contributed by atoms with Gasteiger partial charge in [0.1, 0.15) is 5.54 Å². The zero-order valence-electron chi connectivity index (χ0n) is 9.90. The van der Waals surface area contributed by atoms with E-state index in [4.69, 9.17) is 20.4 Å². The summed E-state index contributed by atoms with van der Waals surface area (Å²) >= 11 is 0. The molecule has 18 heavy (non-hydrogen) atoms. The first-order valence-electron chi connectivity index (χ1n) is 5.02. The van der Waals surface area contributed by atoms with Gasteiger partial charge in [-0.15, -0.1) is 0 Å². The predicted octanol–water partition coefficient (Wildman–Crippen LogP) is -3.06. The van der Waals surface area contributed by atoms with Crippen LogP contribution in [0.1, 0.15) is 6.42 Å². The van der Waals surface area contributed by atoms with Gasteiger partial charge in [0, 0.05) is 13.6 Å². The quantitative estimate of drug-likeness (QED) is 0.302. The number of nitrogens with one attached hydrogen (secondary N) is 1. The summed E-state index contributed by atoms with van der Waals surface area (Å²) in [6, 6.07) is 0. The number of aliphatic hydroxyl groups is 3. The molecule has 0 radical (unpaired) electrons. The molecule has 9 nitrogen and oxygen atoms in total. The van der Waals surface area contributed by atoms with Crippen molar-refractivity contribution in [1.29, 1.82) is 0 Å². The fourth-order valence-corrected chi connectivity index (χ4v) is 2.20.